The number of thioether (sulfide) groups is 1. The molecule has 3 N–H and O–H groups in total. The summed E-state index contributed by atoms with van der Waals surface area (Å²) < 4.78 is 1.82. The first kappa shape index (κ1) is 11.4. The predicted octanol–water partition coefficient (Wildman–Crippen LogP) is 0.754. The highest BCUT2D eigenvalue weighted by Crippen LogP contribution is 2.18. The van der Waals surface area contributed by atoms with Crippen LogP contribution in [0.1, 0.15) is 18.3 Å². The number of hydrogen-bond donors (Lipinski definition) is 2. The molecule has 3 aromatic rings. The second-order valence-corrected chi connectivity index (χ2v) is 4.97. The topological polar surface area (TPSA) is 97.8 Å². The number of rotatable bonds is 4. The van der Waals surface area contributed by atoms with E-state index in [0.29, 0.717) is 11.3 Å². The zero-order valence-electron chi connectivity index (χ0n) is 9.87. The van der Waals surface area contributed by atoms with Gasteiger partial charge in [-0.25, -0.2) is 9.97 Å². The minimum Gasteiger partial charge on any atom is -0.340 e. The maximum atomic E-state index is 6.12. The highest BCUT2D eigenvalue weighted by molar-refractivity contribution is 7.98. The van der Waals surface area contributed by atoms with Gasteiger partial charge in [0, 0.05) is 0 Å². The summed E-state index contributed by atoms with van der Waals surface area (Å²) in [5, 5.41) is 8.33. The van der Waals surface area contributed by atoms with Crippen molar-refractivity contribution in [1.82, 2.24) is 29.5 Å². The molecule has 0 fully saturated rings. The standard InChI is InChI=1S/C10H13N7S/c1-18-3-2-6(11)9-15-16-10-7-8(13-4-12-7)14-5-17(9)10/h4-6H,2-3,11H2,1H3,(H,12,13). The Hall–Kier alpha value is -1.67. The second kappa shape index (κ2) is 4.54. The van der Waals surface area contributed by atoms with Crippen molar-refractivity contribution in [3.63, 3.8) is 0 Å². The second-order valence-electron chi connectivity index (χ2n) is 3.99. The van der Waals surface area contributed by atoms with Gasteiger partial charge >= 0.3 is 0 Å². The van der Waals surface area contributed by atoms with Crippen LogP contribution in [0.2, 0.25) is 0 Å². The molecule has 7 nitrogen and oxygen atoms in total. The molecule has 3 rings (SSSR count). The van der Waals surface area contributed by atoms with Gasteiger partial charge in [-0.05, 0) is 18.4 Å². The van der Waals surface area contributed by atoms with Gasteiger partial charge in [0.25, 0.3) is 0 Å². The minimum absolute atomic E-state index is 0.130. The Morgan fingerprint density at radius 1 is 1.44 bits per heavy atom. The fourth-order valence-electron chi connectivity index (χ4n) is 1.88. The molecule has 3 aromatic heterocycles. The highest BCUT2D eigenvalue weighted by Gasteiger charge is 2.16. The zero-order valence-corrected chi connectivity index (χ0v) is 10.7. The van der Waals surface area contributed by atoms with E-state index in [2.05, 4.69) is 31.4 Å². The van der Waals surface area contributed by atoms with Crippen LogP contribution < -0.4 is 5.73 Å². The van der Waals surface area contributed by atoms with E-state index in [-0.39, 0.29) is 6.04 Å². The van der Waals surface area contributed by atoms with E-state index in [0.717, 1.165) is 23.5 Å². The molecule has 0 saturated carbocycles. The molecule has 0 aliphatic rings. The summed E-state index contributed by atoms with van der Waals surface area (Å²) in [7, 11) is 0. The van der Waals surface area contributed by atoms with E-state index in [4.69, 9.17) is 5.73 Å². The van der Waals surface area contributed by atoms with Crippen molar-refractivity contribution in [3.8, 4) is 0 Å². The SMILES string of the molecule is CSCCC(N)c1nnc2c3[nH]cnc3ncn12. The third-order valence-corrected chi connectivity index (χ3v) is 3.47. The molecule has 8 heteroatoms. The first-order valence-corrected chi connectivity index (χ1v) is 6.98. The number of aromatic nitrogens is 6. The molecule has 0 aliphatic carbocycles. The number of nitrogens with zero attached hydrogens (tertiary/aromatic N) is 5. The normalized spacial score (nSPS) is 13.4. The van der Waals surface area contributed by atoms with E-state index in [9.17, 15) is 0 Å². The smallest absolute Gasteiger partial charge is 0.189 e. The lowest BCUT2D eigenvalue weighted by molar-refractivity contribution is 0.644. The quantitative estimate of drug-likeness (QED) is 0.721. The van der Waals surface area contributed by atoms with Crippen LogP contribution in [0.3, 0.4) is 0 Å². The molecule has 0 spiro atoms. The highest BCUT2D eigenvalue weighted by atomic mass is 32.2. The fraction of sp³-hybridized carbons (Fsp3) is 0.400. The monoisotopic (exact) mass is 263 g/mol. The van der Waals surface area contributed by atoms with Gasteiger partial charge in [-0.15, -0.1) is 10.2 Å². The summed E-state index contributed by atoms with van der Waals surface area (Å²) in [6.07, 6.45) is 6.19. The molecule has 18 heavy (non-hydrogen) atoms. The van der Waals surface area contributed by atoms with Crippen LogP contribution in [0, 0.1) is 0 Å². The third-order valence-electron chi connectivity index (χ3n) is 2.83. The van der Waals surface area contributed by atoms with E-state index < -0.39 is 0 Å². The minimum atomic E-state index is -0.130. The van der Waals surface area contributed by atoms with Gasteiger partial charge in [0.1, 0.15) is 11.8 Å². The average Bonchev–Trinajstić information content (AvgIpc) is 3.00. The zero-order chi connectivity index (χ0) is 12.5. The summed E-state index contributed by atoms with van der Waals surface area (Å²) in [5.74, 6) is 1.73. The molecule has 0 radical (unpaired) electrons. The molecule has 0 bridgehead atoms. The van der Waals surface area contributed by atoms with Crippen molar-refractivity contribution in [2.45, 2.75) is 12.5 Å². The maximum absolute atomic E-state index is 6.12. The van der Waals surface area contributed by atoms with E-state index in [1.165, 1.54) is 0 Å². The lowest BCUT2D eigenvalue weighted by atomic mass is 10.2. The van der Waals surface area contributed by atoms with Crippen LogP contribution in [0.25, 0.3) is 16.8 Å². The summed E-state index contributed by atoms with van der Waals surface area (Å²) in [6, 6.07) is -0.130. The van der Waals surface area contributed by atoms with E-state index in [1.807, 2.05) is 4.40 Å². The van der Waals surface area contributed by atoms with Crippen LogP contribution in [-0.2, 0) is 0 Å². The van der Waals surface area contributed by atoms with E-state index >= 15 is 0 Å². The van der Waals surface area contributed by atoms with Gasteiger partial charge in [-0.1, -0.05) is 0 Å². The number of aromatic amines is 1. The molecule has 3 heterocycles. The van der Waals surface area contributed by atoms with Gasteiger partial charge in [-0.3, -0.25) is 4.40 Å². The van der Waals surface area contributed by atoms with Crippen LogP contribution >= 0.6 is 11.8 Å². The molecule has 0 amide bonds. The Balaban J connectivity index is 2.08. The van der Waals surface area contributed by atoms with Crippen molar-refractivity contribution >= 4 is 28.6 Å². The largest absolute Gasteiger partial charge is 0.340 e. The van der Waals surface area contributed by atoms with Crippen molar-refractivity contribution in [1.29, 1.82) is 0 Å². The Labute approximate surface area is 107 Å². The van der Waals surface area contributed by atoms with Crippen molar-refractivity contribution in [2.75, 3.05) is 12.0 Å². The molecule has 0 saturated heterocycles. The number of nitrogens with two attached hydrogens (primary N) is 1. The molecular weight excluding hydrogens is 250 g/mol. The fourth-order valence-corrected chi connectivity index (χ4v) is 2.37. The van der Waals surface area contributed by atoms with Gasteiger partial charge in [0.05, 0.1) is 12.4 Å². The maximum Gasteiger partial charge on any atom is 0.189 e. The lowest BCUT2D eigenvalue weighted by Crippen LogP contribution is -2.15. The summed E-state index contributed by atoms with van der Waals surface area (Å²) in [5.41, 5.74) is 8.26. The number of nitrogens with one attached hydrogen (secondary N) is 1. The number of fused-ring (bicyclic) bond motifs is 3. The van der Waals surface area contributed by atoms with Gasteiger partial charge in [-0.2, -0.15) is 11.8 Å². The van der Waals surface area contributed by atoms with Gasteiger partial charge in [0.2, 0.25) is 0 Å². The molecule has 1 unspecified atom stereocenters. The first-order chi connectivity index (χ1) is 8.81. The van der Waals surface area contributed by atoms with Crippen LogP contribution in [-0.4, -0.2) is 41.6 Å². The lowest BCUT2D eigenvalue weighted by Gasteiger charge is -2.08. The summed E-state index contributed by atoms with van der Waals surface area (Å²) in [6.45, 7) is 0. The van der Waals surface area contributed by atoms with Crippen LogP contribution in [0.15, 0.2) is 12.7 Å². The molecule has 1 atom stereocenters. The summed E-state index contributed by atoms with van der Waals surface area (Å²) in [4.78, 5) is 11.4. The number of H-pyrrole nitrogens is 1. The molecule has 0 aliphatic heterocycles. The van der Waals surface area contributed by atoms with Crippen molar-refractivity contribution in [3.05, 3.63) is 18.5 Å². The molecule has 94 valence electrons. The molecular formula is C10H13N7S. The van der Waals surface area contributed by atoms with Crippen LogP contribution in [0.4, 0.5) is 0 Å². The Morgan fingerprint density at radius 3 is 3.17 bits per heavy atom. The average molecular weight is 263 g/mol. The third kappa shape index (κ3) is 1.73. The van der Waals surface area contributed by atoms with Crippen LogP contribution in [0.5, 0.6) is 0 Å². The van der Waals surface area contributed by atoms with Gasteiger partial charge in [0.15, 0.2) is 17.1 Å². The van der Waals surface area contributed by atoms with E-state index in [1.54, 1.807) is 24.4 Å². The van der Waals surface area contributed by atoms with Crippen molar-refractivity contribution < 1.29 is 0 Å². The first-order valence-electron chi connectivity index (χ1n) is 5.58. The Morgan fingerprint density at radius 2 is 2.33 bits per heavy atom. The molecule has 0 aromatic carbocycles. The van der Waals surface area contributed by atoms with Gasteiger partial charge < -0.3 is 10.7 Å². The number of imidazole rings is 1. The van der Waals surface area contributed by atoms with Crippen molar-refractivity contribution in [2.24, 2.45) is 5.73 Å². The number of hydrogen-bond acceptors (Lipinski definition) is 6. The Kier molecular flexibility index (Phi) is 2.88. The Bertz CT molecular complexity index is 673. The summed E-state index contributed by atoms with van der Waals surface area (Å²) >= 11 is 1.77. The predicted molar refractivity (Wildman–Crippen MR) is 70.4 cm³/mol.